The number of carbonyl (C=O) groups excluding carboxylic acids is 1. The van der Waals surface area contributed by atoms with E-state index in [4.69, 9.17) is 4.42 Å². The molecule has 0 aliphatic heterocycles. The molecule has 0 bridgehead atoms. The molecule has 0 aliphatic carbocycles. The van der Waals surface area contributed by atoms with Crippen LogP contribution in [0, 0.1) is 18.6 Å². The molecule has 6 heteroatoms. The zero-order chi connectivity index (χ0) is 19.4. The fraction of sp³-hybridized carbons (Fsp3) is 0.381. The zero-order valence-corrected chi connectivity index (χ0v) is 15.6. The Bertz CT molecular complexity index is 943. The van der Waals surface area contributed by atoms with Gasteiger partial charge in [-0.3, -0.25) is 4.79 Å². The highest BCUT2D eigenvalue weighted by Gasteiger charge is 2.19. The third kappa shape index (κ3) is 4.38. The number of nitrogens with zero attached hydrogens (tertiary/aromatic N) is 1. The van der Waals surface area contributed by atoms with Crippen molar-refractivity contribution in [2.75, 3.05) is 6.54 Å². The van der Waals surface area contributed by atoms with Crippen molar-refractivity contribution in [3.05, 3.63) is 59.0 Å². The summed E-state index contributed by atoms with van der Waals surface area (Å²) in [6.07, 6.45) is 4.26. The fourth-order valence-corrected chi connectivity index (χ4v) is 3.19. The van der Waals surface area contributed by atoms with Crippen LogP contribution in [0.5, 0.6) is 0 Å². The van der Waals surface area contributed by atoms with Crippen molar-refractivity contribution >= 4 is 17.0 Å². The number of aryl methyl sites for hydroxylation is 1. The van der Waals surface area contributed by atoms with Crippen LogP contribution in [0.4, 0.5) is 8.78 Å². The average Bonchev–Trinajstić information content (AvgIpc) is 3.14. The van der Waals surface area contributed by atoms with Gasteiger partial charge in [0.1, 0.15) is 23.1 Å². The minimum Gasteiger partial charge on any atom is -0.460 e. The van der Waals surface area contributed by atoms with Crippen LogP contribution in [0.1, 0.15) is 54.4 Å². The number of hydrogen-bond acceptors (Lipinski definition) is 2. The molecule has 27 heavy (non-hydrogen) atoms. The van der Waals surface area contributed by atoms with Gasteiger partial charge in [0.25, 0.3) is 5.91 Å². The molecule has 0 aliphatic rings. The van der Waals surface area contributed by atoms with Gasteiger partial charge in [-0.25, -0.2) is 8.78 Å². The molecule has 3 aromatic rings. The maximum atomic E-state index is 14.1. The van der Waals surface area contributed by atoms with Gasteiger partial charge in [-0.05, 0) is 19.4 Å². The highest BCUT2D eigenvalue weighted by molar-refractivity contribution is 5.97. The maximum absolute atomic E-state index is 14.1. The second-order valence-corrected chi connectivity index (χ2v) is 6.77. The Hall–Kier alpha value is -2.63. The first-order valence-corrected chi connectivity index (χ1v) is 9.31. The summed E-state index contributed by atoms with van der Waals surface area (Å²) in [4.78, 5) is 12.7. The lowest BCUT2D eigenvalue weighted by atomic mass is 10.2. The first kappa shape index (κ1) is 19.1. The lowest BCUT2D eigenvalue weighted by molar-refractivity contribution is 0.0944. The monoisotopic (exact) mass is 374 g/mol. The van der Waals surface area contributed by atoms with Crippen LogP contribution < -0.4 is 5.32 Å². The van der Waals surface area contributed by atoms with Crippen molar-refractivity contribution in [1.82, 2.24) is 9.88 Å². The molecule has 3 rings (SSSR count). The number of carbonyl (C=O) groups is 1. The van der Waals surface area contributed by atoms with E-state index in [9.17, 15) is 13.6 Å². The molecule has 0 atom stereocenters. The maximum Gasteiger partial charge on any atom is 0.268 e. The number of halogens is 2. The topological polar surface area (TPSA) is 47.2 Å². The number of aromatic nitrogens is 1. The van der Waals surface area contributed by atoms with Crippen LogP contribution in [-0.4, -0.2) is 17.0 Å². The third-order valence-electron chi connectivity index (χ3n) is 4.60. The van der Waals surface area contributed by atoms with E-state index in [2.05, 4.69) is 12.2 Å². The summed E-state index contributed by atoms with van der Waals surface area (Å²) in [6.45, 7) is 4.66. The lowest BCUT2D eigenvalue weighted by Crippen LogP contribution is -2.27. The van der Waals surface area contributed by atoms with E-state index in [0.717, 1.165) is 31.7 Å². The van der Waals surface area contributed by atoms with Crippen LogP contribution >= 0.6 is 0 Å². The predicted octanol–water partition coefficient (Wildman–Crippen LogP) is 5.18. The van der Waals surface area contributed by atoms with Gasteiger partial charge in [-0.15, -0.1) is 0 Å². The number of amides is 1. The molecule has 2 heterocycles. The Morgan fingerprint density at radius 2 is 1.96 bits per heavy atom. The van der Waals surface area contributed by atoms with E-state index in [0.29, 0.717) is 34.7 Å². The van der Waals surface area contributed by atoms with Crippen LogP contribution in [-0.2, 0) is 6.54 Å². The van der Waals surface area contributed by atoms with E-state index in [1.807, 2.05) is 13.0 Å². The van der Waals surface area contributed by atoms with Crippen molar-refractivity contribution in [2.45, 2.75) is 46.1 Å². The lowest BCUT2D eigenvalue weighted by Gasteiger charge is -2.11. The Kier molecular flexibility index (Phi) is 5.94. The fourth-order valence-electron chi connectivity index (χ4n) is 3.19. The molecule has 1 amide bonds. The van der Waals surface area contributed by atoms with Crippen molar-refractivity contribution in [3.8, 4) is 0 Å². The number of unbranched alkanes of at least 4 members (excludes halogenated alkanes) is 3. The van der Waals surface area contributed by atoms with Crippen molar-refractivity contribution in [1.29, 1.82) is 0 Å². The number of rotatable bonds is 8. The van der Waals surface area contributed by atoms with Gasteiger partial charge in [0.15, 0.2) is 5.58 Å². The largest absolute Gasteiger partial charge is 0.460 e. The summed E-state index contributed by atoms with van der Waals surface area (Å²) < 4.78 is 34.7. The van der Waals surface area contributed by atoms with E-state index < -0.39 is 11.6 Å². The summed E-state index contributed by atoms with van der Waals surface area (Å²) in [7, 11) is 0. The predicted molar refractivity (Wildman–Crippen MR) is 101 cm³/mol. The number of hydrogen-bond donors (Lipinski definition) is 1. The van der Waals surface area contributed by atoms with Crippen molar-refractivity contribution in [2.24, 2.45) is 0 Å². The molecule has 0 spiro atoms. The first-order valence-electron chi connectivity index (χ1n) is 9.31. The van der Waals surface area contributed by atoms with Gasteiger partial charge in [0.05, 0.1) is 12.1 Å². The number of benzene rings is 1. The van der Waals surface area contributed by atoms with Crippen molar-refractivity contribution < 1.29 is 18.0 Å². The molecule has 0 unspecified atom stereocenters. The normalized spacial score (nSPS) is 11.3. The second kappa shape index (κ2) is 8.37. The summed E-state index contributed by atoms with van der Waals surface area (Å²) in [5.74, 6) is -0.779. The van der Waals surface area contributed by atoms with Gasteiger partial charge >= 0.3 is 0 Å². The van der Waals surface area contributed by atoms with Crippen LogP contribution in [0.3, 0.4) is 0 Å². The molecule has 4 nitrogen and oxygen atoms in total. The Labute approximate surface area is 157 Å². The average molecular weight is 374 g/mol. The van der Waals surface area contributed by atoms with E-state index in [1.165, 1.54) is 12.1 Å². The molecule has 0 radical (unpaired) electrons. The van der Waals surface area contributed by atoms with Gasteiger partial charge in [0.2, 0.25) is 0 Å². The first-order chi connectivity index (χ1) is 13.0. The molecule has 2 aromatic heterocycles. The molecule has 0 saturated carbocycles. The van der Waals surface area contributed by atoms with E-state index in [1.54, 1.807) is 10.6 Å². The molecule has 0 fully saturated rings. The smallest absolute Gasteiger partial charge is 0.268 e. The second-order valence-electron chi connectivity index (χ2n) is 6.77. The number of nitrogens with one attached hydrogen (secondary N) is 1. The van der Waals surface area contributed by atoms with Gasteiger partial charge in [-0.1, -0.05) is 32.3 Å². The molecule has 144 valence electrons. The molecular weight excluding hydrogens is 350 g/mol. The molecular formula is C21H24F2N2O2. The van der Waals surface area contributed by atoms with E-state index >= 15 is 0 Å². The van der Waals surface area contributed by atoms with E-state index in [-0.39, 0.29) is 12.5 Å². The quantitative estimate of drug-likeness (QED) is 0.552. The van der Waals surface area contributed by atoms with Crippen molar-refractivity contribution in [3.63, 3.8) is 0 Å². The number of furan rings is 1. The van der Waals surface area contributed by atoms with Gasteiger partial charge in [0, 0.05) is 30.3 Å². The molecule has 0 saturated heterocycles. The Morgan fingerprint density at radius 1 is 1.15 bits per heavy atom. The summed E-state index contributed by atoms with van der Waals surface area (Å²) in [6, 6.07) is 6.95. The zero-order valence-electron chi connectivity index (χ0n) is 15.6. The van der Waals surface area contributed by atoms with Gasteiger partial charge in [-0.2, -0.15) is 0 Å². The number of fused-ring (bicyclic) bond motifs is 1. The molecule has 1 N–H and O–H groups in total. The highest BCUT2D eigenvalue weighted by Crippen LogP contribution is 2.25. The standard InChI is InChI=1S/C21H24F2N2O2/c1-3-4-5-6-9-24-21(26)19-12-20-18(10-14(2)27-20)25(19)13-15-7-8-16(22)11-17(15)23/h7-8,10-12H,3-6,9,13H2,1-2H3,(H,24,26). The third-order valence-corrected chi connectivity index (χ3v) is 4.60. The molecule has 1 aromatic carbocycles. The Balaban J connectivity index is 1.85. The highest BCUT2D eigenvalue weighted by atomic mass is 19.1. The Morgan fingerprint density at radius 3 is 2.70 bits per heavy atom. The minimum absolute atomic E-state index is 0.118. The summed E-state index contributed by atoms with van der Waals surface area (Å²) >= 11 is 0. The minimum atomic E-state index is -0.636. The van der Waals surface area contributed by atoms with Crippen LogP contribution in [0.15, 0.2) is 34.7 Å². The van der Waals surface area contributed by atoms with Gasteiger partial charge < -0.3 is 14.3 Å². The SMILES string of the molecule is CCCCCCNC(=O)c1cc2oc(C)cc2n1Cc1ccc(F)cc1F. The van der Waals surface area contributed by atoms with Crippen LogP contribution in [0.2, 0.25) is 0 Å². The van der Waals surface area contributed by atoms with Crippen LogP contribution in [0.25, 0.3) is 11.1 Å². The summed E-state index contributed by atoms with van der Waals surface area (Å²) in [5.41, 5.74) is 2.01. The summed E-state index contributed by atoms with van der Waals surface area (Å²) in [5, 5.41) is 2.92.